The van der Waals surface area contributed by atoms with Gasteiger partial charge in [-0.3, -0.25) is 9.59 Å². The number of nitrogens with one attached hydrogen (secondary N) is 1. The van der Waals surface area contributed by atoms with Gasteiger partial charge >= 0.3 is 0 Å². The number of amides is 1. The summed E-state index contributed by atoms with van der Waals surface area (Å²) in [5.41, 5.74) is 2.39. The van der Waals surface area contributed by atoms with Gasteiger partial charge in [-0.25, -0.2) is 0 Å². The molecule has 0 heterocycles. The van der Waals surface area contributed by atoms with Gasteiger partial charge in [0.05, 0.1) is 19.8 Å². The summed E-state index contributed by atoms with van der Waals surface area (Å²) in [6, 6.07) is 21.9. The van der Waals surface area contributed by atoms with Gasteiger partial charge in [0.15, 0.2) is 23.9 Å². The third-order valence-corrected chi connectivity index (χ3v) is 4.89. The average molecular weight is 434 g/mol. The summed E-state index contributed by atoms with van der Waals surface area (Å²) in [5, 5.41) is 3.04. The zero-order chi connectivity index (χ0) is 22.9. The molecule has 1 N–H and O–H groups in total. The minimum absolute atomic E-state index is 0.0753. The van der Waals surface area contributed by atoms with E-state index >= 15 is 0 Å². The summed E-state index contributed by atoms with van der Waals surface area (Å²) in [6.45, 7) is 3.81. The van der Waals surface area contributed by atoms with Crippen LogP contribution < -0.4 is 19.5 Å². The molecule has 3 rings (SSSR count). The Morgan fingerprint density at radius 3 is 2.19 bits per heavy atom. The molecule has 0 radical (unpaired) electrons. The highest BCUT2D eigenvalue weighted by atomic mass is 16.5. The van der Waals surface area contributed by atoms with E-state index in [-0.39, 0.29) is 24.3 Å². The molecule has 0 aliphatic carbocycles. The van der Waals surface area contributed by atoms with Crippen molar-refractivity contribution in [3.63, 3.8) is 0 Å². The van der Waals surface area contributed by atoms with Gasteiger partial charge in [-0.1, -0.05) is 42.5 Å². The van der Waals surface area contributed by atoms with Gasteiger partial charge in [0.2, 0.25) is 0 Å². The van der Waals surface area contributed by atoms with E-state index in [2.05, 4.69) is 5.32 Å². The van der Waals surface area contributed by atoms with E-state index in [1.165, 1.54) is 14.0 Å². The molecule has 0 spiro atoms. The van der Waals surface area contributed by atoms with E-state index in [0.29, 0.717) is 23.7 Å². The lowest BCUT2D eigenvalue weighted by Crippen LogP contribution is -2.33. The third-order valence-electron chi connectivity index (χ3n) is 4.89. The monoisotopic (exact) mass is 433 g/mol. The van der Waals surface area contributed by atoms with Crippen LogP contribution in [0.2, 0.25) is 0 Å². The van der Waals surface area contributed by atoms with E-state index in [4.69, 9.17) is 14.2 Å². The zero-order valence-corrected chi connectivity index (χ0v) is 18.5. The predicted molar refractivity (Wildman–Crippen MR) is 123 cm³/mol. The molecule has 1 amide bonds. The molecule has 1 unspecified atom stereocenters. The first-order chi connectivity index (χ1) is 15.5. The number of ketones is 1. The topological polar surface area (TPSA) is 73.9 Å². The molecule has 0 aliphatic heterocycles. The molecular formula is C26H27NO5. The van der Waals surface area contributed by atoms with Crippen molar-refractivity contribution in [1.82, 2.24) is 5.32 Å². The van der Waals surface area contributed by atoms with Crippen molar-refractivity contribution in [2.75, 3.05) is 20.3 Å². The molecule has 0 bridgehead atoms. The first-order valence-electron chi connectivity index (χ1n) is 10.4. The number of carbonyl (C=O) groups is 2. The van der Waals surface area contributed by atoms with Crippen molar-refractivity contribution < 1.29 is 23.8 Å². The van der Waals surface area contributed by atoms with Crippen molar-refractivity contribution in [2.24, 2.45) is 0 Å². The number of Topliss-reactive ketones (excluding diaryl/α,β-unsaturated/α-hetero) is 1. The molecule has 6 nitrogen and oxygen atoms in total. The van der Waals surface area contributed by atoms with Crippen LogP contribution in [0.25, 0.3) is 0 Å². The van der Waals surface area contributed by atoms with Gasteiger partial charge in [0.25, 0.3) is 5.91 Å². The second-order valence-corrected chi connectivity index (χ2v) is 7.12. The van der Waals surface area contributed by atoms with E-state index in [1.807, 2.05) is 61.5 Å². The Hall–Kier alpha value is -3.80. The smallest absolute Gasteiger partial charge is 0.258 e. The maximum atomic E-state index is 12.8. The third kappa shape index (κ3) is 5.88. The summed E-state index contributed by atoms with van der Waals surface area (Å²) in [5.74, 6) is 1.21. The molecule has 166 valence electrons. The van der Waals surface area contributed by atoms with Crippen molar-refractivity contribution in [1.29, 1.82) is 0 Å². The minimum atomic E-state index is -0.343. The fourth-order valence-corrected chi connectivity index (χ4v) is 3.28. The van der Waals surface area contributed by atoms with Gasteiger partial charge in [0, 0.05) is 5.56 Å². The number of hydrogen-bond donors (Lipinski definition) is 1. The molecule has 3 aromatic carbocycles. The number of benzene rings is 3. The highest BCUT2D eigenvalue weighted by Crippen LogP contribution is 2.28. The summed E-state index contributed by atoms with van der Waals surface area (Å²) in [7, 11) is 1.49. The van der Waals surface area contributed by atoms with Crippen LogP contribution in [0, 0.1) is 0 Å². The predicted octanol–water partition coefficient (Wildman–Crippen LogP) is 4.58. The van der Waals surface area contributed by atoms with E-state index < -0.39 is 0 Å². The first kappa shape index (κ1) is 22.9. The fourth-order valence-electron chi connectivity index (χ4n) is 3.28. The van der Waals surface area contributed by atoms with E-state index in [1.54, 1.807) is 18.2 Å². The van der Waals surface area contributed by atoms with Crippen molar-refractivity contribution >= 4 is 11.7 Å². The van der Waals surface area contributed by atoms with Crippen molar-refractivity contribution in [3.8, 4) is 17.2 Å². The van der Waals surface area contributed by atoms with Gasteiger partial charge in [-0.2, -0.15) is 0 Å². The quantitative estimate of drug-likeness (QED) is 0.474. The fraction of sp³-hybridized carbons (Fsp3) is 0.231. The first-order valence-corrected chi connectivity index (χ1v) is 10.4. The van der Waals surface area contributed by atoms with Crippen LogP contribution in [-0.2, 0) is 4.79 Å². The molecule has 0 saturated carbocycles. The average Bonchev–Trinajstić information content (AvgIpc) is 2.82. The number of hydrogen-bond acceptors (Lipinski definition) is 5. The lowest BCUT2D eigenvalue weighted by Gasteiger charge is -2.20. The standard InChI is InChI=1S/C26H27NO5/c1-4-31-22-13-10-20(11-14-22)26(19-8-6-5-7-9-19)27-25(29)17-32-23-15-12-21(18(2)28)16-24(23)30-3/h5-16,26H,4,17H2,1-3H3,(H,27,29). The lowest BCUT2D eigenvalue weighted by molar-refractivity contribution is -0.123. The van der Waals surface area contributed by atoms with E-state index in [9.17, 15) is 9.59 Å². The second-order valence-electron chi connectivity index (χ2n) is 7.12. The SMILES string of the molecule is CCOc1ccc(C(NC(=O)COc2ccc(C(C)=O)cc2OC)c2ccccc2)cc1. The normalized spacial score (nSPS) is 11.3. The Labute approximate surface area is 188 Å². The van der Waals surface area contributed by atoms with Crippen LogP contribution >= 0.6 is 0 Å². The summed E-state index contributed by atoms with van der Waals surface area (Å²) in [4.78, 5) is 24.3. The maximum Gasteiger partial charge on any atom is 0.258 e. The molecule has 0 aliphatic rings. The highest BCUT2D eigenvalue weighted by molar-refractivity contribution is 5.94. The second kappa shape index (κ2) is 11.0. The number of methoxy groups -OCH3 is 1. The van der Waals surface area contributed by atoms with Crippen LogP contribution in [0.3, 0.4) is 0 Å². The Balaban J connectivity index is 1.74. The minimum Gasteiger partial charge on any atom is -0.494 e. The summed E-state index contributed by atoms with van der Waals surface area (Å²) < 4.78 is 16.5. The zero-order valence-electron chi connectivity index (χ0n) is 18.5. The molecule has 0 fully saturated rings. The number of rotatable bonds is 10. The highest BCUT2D eigenvalue weighted by Gasteiger charge is 2.18. The maximum absolute atomic E-state index is 12.8. The lowest BCUT2D eigenvalue weighted by atomic mass is 9.98. The van der Waals surface area contributed by atoms with Crippen molar-refractivity contribution in [3.05, 3.63) is 89.5 Å². The van der Waals surface area contributed by atoms with Crippen LogP contribution in [0.15, 0.2) is 72.8 Å². The molecule has 3 aromatic rings. The van der Waals surface area contributed by atoms with Crippen LogP contribution in [0.1, 0.15) is 41.4 Å². The summed E-state index contributed by atoms with van der Waals surface area (Å²) >= 11 is 0. The Kier molecular flexibility index (Phi) is 7.86. The molecule has 32 heavy (non-hydrogen) atoms. The van der Waals surface area contributed by atoms with Gasteiger partial charge in [-0.05, 0) is 55.3 Å². The molecule has 0 aromatic heterocycles. The molecular weight excluding hydrogens is 406 g/mol. The number of ether oxygens (including phenoxy) is 3. The van der Waals surface area contributed by atoms with Gasteiger partial charge < -0.3 is 19.5 Å². The van der Waals surface area contributed by atoms with E-state index in [0.717, 1.165) is 16.9 Å². The molecule has 6 heteroatoms. The number of carbonyl (C=O) groups excluding carboxylic acids is 2. The largest absolute Gasteiger partial charge is 0.494 e. The van der Waals surface area contributed by atoms with Gasteiger partial charge in [-0.15, -0.1) is 0 Å². The molecule has 0 saturated heterocycles. The Morgan fingerprint density at radius 2 is 1.56 bits per heavy atom. The van der Waals surface area contributed by atoms with Crippen LogP contribution in [0.4, 0.5) is 0 Å². The molecule has 1 atom stereocenters. The van der Waals surface area contributed by atoms with Crippen LogP contribution in [0.5, 0.6) is 17.2 Å². The Morgan fingerprint density at radius 1 is 0.875 bits per heavy atom. The van der Waals surface area contributed by atoms with Gasteiger partial charge in [0.1, 0.15) is 5.75 Å². The summed E-state index contributed by atoms with van der Waals surface area (Å²) in [6.07, 6.45) is 0. The van der Waals surface area contributed by atoms with Crippen LogP contribution in [-0.4, -0.2) is 32.0 Å². The van der Waals surface area contributed by atoms with Crippen molar-refractivity contribution in [2.45, 2.75) is 19.9 Å². The Bertz CT molecular complexity index is 1050.